The van der Waals surface area contributed by atoms with Gasteiger partial charge in [-0.25, -0.2) is 0 Å². The van der Waals surface area contributed by atoms with Crippen molar-refractivity contribution in [2.45, 2.75) is 350 Å². The summed E-state index contributed by atoms with van der Waals surface area (Å²) in [5.41, 5.74) is 0. The smallest absolute Gasteiger partial charge is 0.217 e. The van der Waals surface area contributed by atoms with Crippen molar-refractivity contribution in [3.8, 4) is 0 Å². The molecule has 9 fully saturated rings. The van der Waals surface area contributed by atoms with Crippen LogP contribution in [0.3, 0.4) is 0 Å². The molecule has 4 amide bonds. The topological polar surface area (TPSA) is 809 Å². The normalized spacial score (nSPS) is 46.2. The maximum Gasteiger partial charge on any atom is 0.217 e. The average Bonchev–Trinajstić information content (AvgIpc) is 0.772. The summed E-state index contributed by atoms with van der Waals surface area (Å²) >= 11 is 0. The number of hydrogen-bond donors (Lipinski definition) is 30. The highest BCUT2D eigenvalue weighted by Crippen LogP contribution is 2.40. The Kier molecular flexibility index (Phi) is 39.1. The van der Waals surface area contributed by atoms with Crippen LogP contribution < -0.4 is 21.3 Å². The Morgan fingerprint density at radius 2 is 0.656 bits per heavy atom. The quantitative estimate of drug-likeness (QED) is 0.0257. The van der Waals surface area contributed by atoms with Crippen LogP contribution in [0.15, 0.2) is 0 Å². The zero-order valence-corrected chi connectivity index (χ0v) is 69.3. The Balaban J connectivity index is 1.01. The molecule has 0 saturated carbocycles. The number of nitrogens with one attached hydrogen (secondary N) is 4. The highest BCUT2D eigenvalue weighted by molar-refractivity contribution is 5.74. The van der Waals surface area contributed by atoms with Crippen molar-refractivity contribution in [3.05, 3.63) is 0 Å². The third-order valence-corrected chi connectivity index (χ3v) is 23.4. The van der Waals surface area contributed by atoms with Gasteiger partial charge in [0.05, 0.1) is 121 Å². The van der Waals surface area contributed by atoms with Crippen LogP contribution in [0.5, 0.6) is 0 Å². The van der Waals surface area contributed by atoms with Gasteiger partial charge in [-0.1, -0.05) is 13.8 Å². The lowest BCUT2D eigenvalue weighted by atomic mass is 9.87. The summed E-state index contributed by atoms with van der Waals surface area (Å²) in [6.45, 7) is 0.273. The third-order valence-electron chi connectivity index (χ3n) is 23.4. The summed E-state index contributed by atoms with van der Waals surface area (Å²) in [5.74, 6) is -7.40. The molecule has 9 saturated heterocycles. The van der Waals surface area contributed by atoms with E-state index in [1.54, 1.807) is 13.8 Å². The molecular formula is C73H126N4O48. The summed E-state index contributed by atoms with van der Waals surface area (Å²) in [5, 5.41) is 301. The van der Waals surface area contributed by atoms with Crippen molar-refractivity contribution >= 4 is 23.6 Å². The van der Waals surface area contributed by atoms with Crippen molar-refractivity contribution in [2.75, 3.05) is 66.1 Å². The molecule has 52 heteroatoms. The van der Waals surface area contributed by atoms with E-state index in [2.05, 4.69) is 21.3 Å². The summed E-state index contributed by atoms with van der Waals surface area (Å²) < 4.78 is 107. The minimum Gasteiger partial charge on any atom is -0.394 e. The number of ether oxygens (including phenoxy) is 18. The molecule has 9 aliphatic heterocycles. The fourth-order valence-electron chi connectivity index (χ4n) is 16.4. The summed E-state index contributed by atoms with van der Waals surface area (Å²) in [7, 11) is 0. The van der Waals surface area contributed by atoms with Gasteiger partial charge in [0.2, 0.25) is 23.6 Å². The van der Waals surface area contributed by atoms with Gasteiger partial charge < -0.3 is 239 Å². The molecule has 49 atom stereocenters. The number of rotatable bonds is 37. The van der Waals surface area contributed by atoms with E-state index in [1.807, 2.05) is 0 Å². The standard InChI is InChI=1S/C73H126N4O48/c1-20(2)59-37(74-23(5)84)48(96)64(36(114-59)19-111-71-55(103)52(100)41(89)21(3)112-71)123-70-40(77-26(8)87)51(99)61(33(14-81)120-70)121-65(107)58(106)60(122-67-28(44(92)46(94)31(12-79)116-67)18-110-69-38(75-24(6)85)49(97)62(34(15-82)118-69)124-72-56(104)53(101)42(90)22(4)113-72)29(88)9-10-108-66-27(43(91)45(93)30(11-78)115-66)17-109-68-39(76-25(7)86)50(98)63(35(16-83)119-68)125-73-57(105)54(102)47(95)32(13-80)117-73/h20-22,27-73,78-83,88-107H,9-19H2,1-8H3,(H,74,84)(H,75,85)(H,76,86)(H,77,87)/t21-,22?,27?,28?,29+,30?,31-,32?,33?,34?,35?,36?,37?,38?,39?,40?,41+,42-,43+,44?,45+,46+,47-,48+,49+,50+,51+,52?,53-,54-,55?,56?,57?,58?,59-,60-,61+,62+,63+,64+,65-,66-,67+,68+,69+,70-,71+,72-,73-/m0/s1. The fourth-order valence-corrected chi connectivity index (χ4v) is 16.4. The summed E-state index contributed by atoms with van der Waals surface area (Å²) in [4.78, 5) is 51.5. The Bertz CT molecular complexity index is 3310. The number of amides is 4. The molecule has 0 radical (unpaired) electrons. The van der Waals surface area contributed by atoms with Crippen LogP contribution in [0.4, 0.5) is 0 Å². The molecule has 0 spiro atoms. The van der Waals surface area contributed by atoms with Crippen molar-refractivity contribution in [1.29, 1.82) is 0 Å². The van der Waals surface area contributed by atoms with E-state index < -0.39 is 402 Å². The lowest BCUT2D eigenvalue weighted by molar-refractivity contribution is -0.357. The Morgan fingerprint density at radius 1 is 0.320 bits per heavy atom. The Morgan fingerprint density at radius 3 is 1.11 bits per heavy atom. The van der Waals surface area contributed by atoms with E-state index >= 15 is 0 Å². The summed E-state index contributed by atoms with van der Waals surface area (Å²) in [6, 6.07) is -6.73. The second kappa shape index (κ2) is 46.7. The zero-order chi connectivity index (χ0) is 92.5. The molecule has 52 nitrogen and oxygen atoms in total. The summed E-state index contributed by atoms with van der Waals surface area (Å²) in [6.07, 6.45) is -82.6. The lowest BCUT2D eigenvalue weighted by Crippen LogP contribution is -2.70. The molecule has 0 aromatic carbocycles. The fraction of sp³-hybridized carbons (Fsp3) is 0.945. The van der Waals surface area contributed by atoms with Gasteiger partial charge >= 0.3 is 0 Å². The van der Waals surface area contributed by atoms with Crippen LogP contribution in [0.2, 0.25) is 0 Å². The van der Waals surface area contributed by atoms with Gasteiger partial charge in [0.1, 0.15) is 189 Å². The molecule has 30 N–H and O–H groups in total. The van der Waals surface area contributed by atoms with Crippen molar-refractivity contribution in [3.63, 3.8) is 0 Å². The van der Waals surface area contributed by atoms with E-state index in [-0.39, 0.29) is 0 Å². The van der Waals surface area contributed by atoms with Gasteiger partial charge in [-0.3, -0.25) is 19.2 Å². The molecule has 0 aliphatic carbocycles. The van der Waals surface area contributed by atoms with E-state index in [0.29, 0.717) is 0 Å². The minimum absolute atomic E-state index is 0.500. The van der Waals surface area contributed by atoms with Crippen molar-refractivity contribution < 1.29 is 237 Å². The second-order valence-electron chi connectivity index (χ2n) is 32.8. The molecule has 19 unspecified atom stereocenters. The van der Waals surface area contributed by atoms with E-state index in [0.717, 1.165) is 27.7 Å². The van der Waals surface area contributed by atoms with Crippen LogP contribution in [0.1, 0.15) is 61.8 Å². The van der Waals surface area contributed by atoms with Crippen LogP contribution in [0, 0.1) is 17.8 Å². The van der Waals surface area contributed by atoms with E-state index in [9.17, 15) is 152 Å². The van der Waals surface area contributed by atoms with Gasteiger partial charge in [-0.05, 0) is 26.2 Å². The SMILES string of the molecule is CC(=O)NC1[C@H](OCC2C(O)[C@H](O)[C@H](CO)O[C@@H]2O[C@H](C(O)[C@@H](O)O[C@@H]2C(CO)O[C@@H](O[C@@H]3C(CO[C@@H]4O[C@@H](C)[C@@H](O)C(O)C4O)O[C@@H](C(C)C)C(NC(C)=O)[C@H]3O)C(NC(C)=O)[C@H]2O)[C@H](O)CCO[C@H]2OC(CO)[C@@H](O)[C@H](O)C2CO[C@@H]2OC(CO)[C@@H](O[C@@H]3OC(CO)[C@H](O)[C@H](O)C3O)[C@H](O)C2NC(C)=O)OC(CO)[C@@H](O[C@@H]2OC(C)[C@H](O)[C@H](O)C2O)[C@@H]1O. The van der Waals surface area contributed by atoms with Gasteiger partial charge in [0, 0.05) is 27.7 Å². The molecule has 726 valence electrons. The molecular weight excluding hydrogens is 1700 g/mol. The maximum atomic E-state index is 13.2. The van der Waals surface area contributed by atoms with Crippen LogP contribution in [0.25, 0.3) is 0 Å². The first-order chi connectivity index (χ1) is 59.0. The van der Waals surface area contributed by atoms with Crippen molar-refractivity contribution in [1.82, 2.24) is 21.3 Å². The molecule has 9 rings (SSSR count). The predicted molar refractivity (Wildman–Crippen MR) is 397 cm³/mol. The molecule has 125 heavy (non-hydrogen) atoms. The first-order valence-electron chi connectivity index (χ1n) is 41.0. The highest BCUT2D eigenvalue weighted by Gasteiger charge is 2.59. The number of carbonyl (C=O) groups is 4. The van der Waals surface area contributed by atoms with Crippen molar-refractivity contribution in [2.24, 2.45) is 17.8 Å². The molecule has 9 heterocycles. The van der Waals surface area contributed by atoms with Gasteiger partial charge in [-0.2, -0.15) is 0 Å². The zero-order valence-electron chi connectivity index (χ0n) is 69.3. The Hall–Kier alpha value is -3.88. The predicted octanol–water partition coefficient (Wildman–Crippen LogP) is -18.0. The number of carbonyl (C=O) groups excluding carboxylic acids is 4. The first-order valence-corrected chi connectivity index (χ1v) is 41.0. The van der Waals surface area contributed by atoms with E-state index in [4.69, 9.17) is 85.3 Å². The highest BCUT2D eigenvalue weighted by atomic mass is 16.8. The van der Waals surface area contributed by atoms with Gasteiger partial charge in [0.15, 0.2) is 56.6 Å². The molecule has 0 bridgehead atoms. The largest absolute Gasteiger partial charge is 0.394 e. The van der Waals surface area contributed by atoms with Crippen LogP contribution >= 0.6 is 0 Å². The lowest BCUT2D eigenvalue weighted by Gasteiger charge is -2.50. The minimum atomic E-state index is -2.88. The number of hydrogen-bond acceptors (Lipinski definition) is 48. The Labute approximate surface area is 714 Å². The monoisotopic (exact) mass is 1830 g/mol. The van der Waals surface area contributed by atoms with E-state index in [1.165, 1.54) is 13.8 Å². The second-order valence-corrected chi connectivity index (χ2v) is 32.8. The van der Waals surface area contributed by atoms with Crippen LogP contribution in [-0.2, 0) is 104 Å². The molecule has 9 aliphatic rings. The third kappa shape index (κ3) is 24.6. The number of aliphatic hydroxyl groups excluding tert-OH is 26. The van der Waals surface area contributed by atoms with Gasteiger partial charge in [0.25, 0.3) is 0 Å². The van der Waals surface area contributed by atoms with Gasteiger partial charge in [-0.15, -0.1) is 0 Å². The van der Waals surface area contributed by atoms with Crippen LogP contribution in [-0.4, -0.2) is 511 Å². The average molecular weight is 1830 g/mol. The number of aliphatic hydroxyl groups is 26. The molecule has 0 aromatic rings. The first kappa shape index (κ1) is 105. The molecule has 0 aromatic heterocycles. The maximum absolute atomic E-state index is 13.2.